The van der Waals surface area contributed by atoms with Crippen molar-refractivity contribution in [3.63, 3.8) is 0 Å². The molecule has 0 amide bonds. The van der Waals surface area contributed by atoms with E-state index in [0.29, 0.717) is 0 Å². The fourth-order valence-electron chi connectivity index (χ4n) is 10.2. The molecule has 0 bridgehead atoms. The normalized spacial score (nSPS) is 11.6. The topological polar surface area (TPSA) is 8.17 Å². The van der Waals surface area contributed by atoms with E-state index in [9.17, 15) is 0 Å². The molecule has 0 aliphatic carbocycles. The van der Waals surface area contributed by atoms with Crippen molar-refractivity contribution in [2.24, 2.45) is 0 Å². The Morgan fingerprint density at radius 3 is 1.54 bits per heavy atom. The molecule has 0 N–H and O–H groups in total. The number of hydrogen-bond acceptors (Lipinski definition) is 2. The van der Waals surface area contributed by atoms with Crippen LogP contribution in [0.3, 0.4) is 0 Å². The number of benzene rings is 11. The molecule has 0 radical (unpaired) electrons. The minimum Gasteiger partial charge on any atom is -0.310 e. The molecule has 0 unspecified atom stereocenters. The average molecular weight is 871 g/mol. The first-order chi connectivity index (χ1) is 33.2. The van der Waals surface area contributed by atoms with Crippen molar-refractivity contribution in [3.05, 3.63) is 255 Å². The van der Waals surface area contributed by atoms with Crippen LogP contribution in [0.4, 0.5) is 17.1 Å². The van der Waals surface area contributed by atoms with E-state index in [4.69, 9.17) is 0 Å². The largest absolute Gasteiger partial charge is 0.310 e. The molecule has 0 aliphatic heterocycles. The van der Waals surface area contributed by atoms with Gasteiger partial charge in [-0.05, 0) is 123 Å². The van der Waals surface area contributed by atoms with Crippen molar-refractivity contribution in [1.29, 1.82) is 0 Å². The Hall–Kier alpha value is -8.50. The first kappa shape index (κ1) is 38.9. The van der Waals surface area contributed by atoms with Crippen molar-refractivity contribution in [3.8, 4) is 50.2 Å². The second kappa shape index (κ2) is 16.2. The summed E-state index contributed by atoms with van der Waals surface area (Å²) in [5.74, 6) is 0. The number of aromatic nitrogens is 1. The SMILES string of the molecule is c1cc(-c2ccc(N(c3ccc(-c4ccc(-c5cccc6ccccc56)cc4)cc3)c3ccccc3-c3ccc4sc5ccccc5c4c3)cc2)cc(-n2c3ccccc3c3ccccc32)c1. The predicted molar refractivity (Wildman–Crippen MR) is 288 cm³/mol. The Bertz CT molecular complexity index is 3910. The van der Waals surface area contributed by atoms with Crippen LogP contribution in [-0.2, 0) is 0 Å². The summed E-state index contributed by atoms with van der Waals surface area (Å²) < 4.78 is 5.01. The zero-order chi connectivity index (χ0) is 44.3. The maximum atomic E-state index is 2.41. The molecule has 314 valence electrons. The molecular weight excluding hydrogens is 829 g/mol. The van der Waals surface area contributed by atoms with Gasteiger partial charge in [0.15, 0.2) is 0 Å². The molecule has 0 saturated carbocycles. The summed E-state index contributed by atoms with van der Waals surface area (Å²) in [6.07, 6.45) is 0. The Morgan fingerprint density at radius 2 is 0.806 bits per heavy atom. The van der Waals surface area contributed by atoms with Crippen LogP contribution >= 0.6 is 11.3 Å². The second-order valence-electron chi connectivity index (χ2n) is 17.3. The van der Waals surface area contributed by atoms with Gasteiger partial charge in [0.25, 0.3) is 0 Å². The van der Waals surface area contributed by atoms with E-state index in [2.05, 4.69) is 264 Å². The molecule has 2 nitrogen and oxygen atoms in total. The van der Waals surface area contributed by atoms with E-state index in [1.54, 1.807) is 0 Å². The van der Waals surface area contributed by atoms with Gasteiger partial charge in [-0.15, -0.1) is 11.3 Å². The molecule has 0 aliphatic rings. The van der Waals surface area contributed by atoms with Gasteiger partial charge in [-0.25, -0.2) is 0 Å². The van der Waals surface area contributed by atoms with Gasteiger partial charge in [0, 0.05) is 53.6 Å². The van der Waals surface area contributed by atoms with Crippen LogP contribution in [0.25, 0.3) is 103 Å². The fraction of sp³-hybridized carbons (Fsp3) is 0. The quantitative estimate of drug-likeness (QED) is 0.148. The third-order valence-electron chi connectivity index (χ3n) is 13.4. The van der Waals surface area contributed by atoms with Crippen molar-refractivity contribution in [2.45, 2.75) is 0 Å². The highest BCUT2D eigenvalue weighted by atomic mass is 32.1. The maximum absolute atomic E-state index is 2.41. The minimum atomic E-state index is 1.09. The zero-order valence-corrected chi connectivity index (χ0v) is 37.4. The van der Waals surface area contributed by atoms with Gasteiger partial charge in [0.05, 0.1) is 16.7 Å². The summed E-state index contributed by atoms with van der Waals surface area (Å²) in [5.41, 5.74) is 16.4. The Kier molecular flexibility index (Phi) is 9.40. The third-order valence-corrected chi connectivity index (χ3v) is 14.6. The molecule has 0 spiro atoms. The fourth-order valence-corrected chi connectivity index (χ4v) is 11.3. The lowest BCUT2D eigenvalue weighted by molar-refractivity contribution is 1.18. The van der Waals surface area contributed by atoms with Gasteiger partial charge >= 0.3 is 0 Å². The highest BCUT2D eigenvalue weighted by Gasteiger charge is 2.19. The van der Waals surface area contributed by atoms with Gasteiger partial charge in [0.1, 0.15) is 0 Å². The molecule has 3 heteroatoms. The van der Waals surface area contributed by atoms with Gasteiger partial charge < -0.3 is 9.47 Å². The number of fused-ring (bicyclic) bond motifs is 7. The molecule has 67 heavy (non-hydrogen) atoms. The summed E-state index contributed by atoms with van der Waals surface area (Å²) in [4.78, 5) is 2.41. The lowest BCUT2D eigenvalue weighted by Gasteiger charge is -2.28. The van der Waals surface area contributed by atoms with E-state index in [1.807, 2.05) is 11.3 Å². The lowest BCUT2D eigenvalue weighted by Crippen LogP contribution is -2.11. The van der Waals surface area contributed by atoms with Crippen LogP contribution in [0.5, 0.6) is 0 Å². The number of rotatable bonds is 8. The monoisotopic (exact) mass is 870 g/mol. The summed E-state index contributed by atoms with van der Waals surface area (Å²) in [5, 5.41) is 7.65. The van der Waals surface area contributed by atoms with Crippen LogP contribution in [-0.4, -0.2) is 4.57 Å². The Labute approximate surface area is 393 Å². The molecule has 0 saturated heterocycles. The van der Waals surface area contributed by atoms with Gasteiger partial charge in [-0.2, -0.15) is 0 Å². The summed E-state index contributed by atoms with van der Waals surface area (Å²) in [6, 6.07) is 93.2. The first-order valence-corrected chi connectivity index (χ1v) is 23.7. The standard InChI is InChI=1S/C64H42N2S/c1-2-17-53-46(13-1)14-12-22-54(53)47-29-27-43(28-30-47)44-31-36-50(37-32-44)65(60-23-7-3-18-55(60)49-35-40-64-59(42-49)58-21-6-10-26-63(58)67-64)51-38-33-45(34-39-51)48-15-11-16-52(41-48)66-61-24-8-4-19-56(61)57-20-5-9-25-62(57)66/h1-42H. The summed E-state index contributed by atoms with van der Waals surface area (Å²) >= 11 is 1.86. The Balaban J connectivity index is 0.893. The van der Waals surface area contributed by atoms with Crippen LogP contribution < -0.4 is 4.90 Å². The molecule has 13 aromatic rings. The molecule has 0 atom stereocenters. The first-order valence-electron chi connectivity index (χ1n) is 22.9. The maximum Gasteiger partial charge on any atom is 0.0541 e. The van der Waals surface area contributed by atoms with Crippen molar-refractivity contribution in [1.82, 2.24) is 4.57 Å². The Morgan fingerprint density at radius 1 is 0.299 bits per heavy atom. The molecule has 2 aromatic heterocycles. The lowest BCUT2D eigenvalue weighted by atomic mass is 9.96. The summed E-state index contributed by atoms with van der Waals surface area (Å²) in [7, 11) is 0. The third kappa shape index (κ3) is 6.79. The van der Waals surface area contributed by atoms with E-state index in [0.717, 1.165) is 28.3 Å². The number of anilines is 3. The van der Waals surface area contributed by atoms with Crippen molar-refractivity contribution >= 4 is 81.1 Å². The minimum absolute atomic E-state index is 1.09. The van der Waals surface area contributed by atoms with Gasteiger partial charge in [-0.3, -0.25) is 0 Å². The molecule has 11 aromatic carbocycles. The van der Waals surface area contributed by atoms with Crippen LogP contribution in [0.15, 0.2) is 255 Å². The number of nitrogens with zero attached hydrogens (tertiary/aromatic N) is 2. The molecule has 2 heterocycles. The van der Waals surface area contributed by atoms with Crippen molar-refractivity contribution < 1.29 is 0 Å². The van der Waals surface area contributed by atoms with Gasteiger partial charge in [-0.1, -0.05) is 182 Å². The van der Waals surface area contributed by atoms with E-state index in [1.165, 1.54) is 91.7 Å². The number of hydrogen-bond donors (Lipinski definition) is 0. The smallest absolute Gasteiger partial charge is 0.0541 e. The van der Waals surface area contributed by atoms with E-state index < -0.39 is 0 Å². The average Bonchev–Trinajstić information content (AvgIpc) is 3.95. The highest BCUT2D eigenvalue weighted by molar-refractivity contribution is 7.25. The van der Waals surface area contributed by atoms with Crippen LogP contribution in [0.2, 0.25) is 0 Å². The van der Waals surface area contributed by atoms with Crippen LogP contribution in [0, 0.1) is 0 Å². The predicted octanol–water partition coefficient (Wildman–Crippen LogP) is 18.4. The zero-order valence-electron chi connectivity index (χ0n) is 36.6. The molecule has 0 fully saturated rings. The van der Waals surface area contributed by atoms with Crippen LogP contribution in [0.1, 0.15) is 0 Å². The highest BCUT2D eigenvalue weighted by Crippen LogP contribution is 2.44. The number of thiophene rings is 1. The molecule has 13 rings (SSSR count). The van der Waals surface area contributed by atoms with Crippen molar-refractivity contribution in [2.75, 3.05) is 4.90 Å². The van der Waals surface area contributed by atoms with E-state index in [-0.39, 0.29) is 0 Å². The summed E-state index contributed by atoms with van der Waals surface area (Å²) in [6.45, 7) is 0. The number of para-hydroxylation sites is 3. The van der Waals surface area contributed by atoms with E-state index >= 15 is 0 Å². The van der Waals surface area contributed by atoms with Gasteiger partial charge in [0.2, 0.25) is 0 Å². The second-order valence-corrected chi connectivity index (χ2v) is 18.4. The molecular formula is C64H42N2S.